The molecule has 6 N–H and O–H groups in total. The highest BCUT2D eigenvalue weighted by atomic mass is 16.5. The summed E-state index contributed by atoms with van der Waals surface area (Å²) >= 11 is 0. The van der Waals surface area contributed by atoms with Crippen molar-refractivity contribution in [3.8, 4) is 0 Å². The second-order valence-electron chi connectivity index (χ2n) is 15.1. The molecule has 0 bridgehead atoms. The van der Waals surface area contributed by atoms with Crippen molar-refractivity contribution >= 4 is 47.3 Å². The van der Waals surface area contributed by atoms with Crippen LogP contribution in [0.3, 0.4) is 0 Å². The van der Waals surface area contributed by atoms with Gasteiger partial charge in [-0.2, -0.15) is 0 Å². The van der Waals surface area contributed by atoms with Crippen LogP contribution in [0.15, 0.2) is 60.7 Å². The number of nitrogens with one attached hydrogen (secondary N) is 4. The van der Waals surface area contributed by atoms with Crippen LogP contribution in [0, 0.1) is 17.8 Å². The average molecular weight is 806 g/mol. The van der Waals surface area contributed by atoms with Gasteiger partial charge in [-0.1, -0.05) is 107 Å². The van der Waals surface area contributed by atoms with Crippen LogP contribution >= 0.6 is 0 Å². The van der Waals surface area contributed by atoms with Crippen molar-refractivity contribution in [2.75, 3.05) is 13.1 Å². The first-order valence-corrected chi connectivity index (χ1v) is 19.9. The number of benzene rings is 2. The number of ketones is 1. The van der Waals surface area contributed by atoms with Crippen LogP contribution in [-0.2, 0) is 49.7 Å². The van der Waals surface area contributed by atoms with Crippen molar-refractivity contribution in [1.82, 2.24) is 26.2 Å². The van der Waals surface area contributed by atoms with Crippen LogP contribution in [0.2, 0.25) is 0 Å². The molecule has 1 aliphatic carbocycles. The van der Waals surface area contributed by atoms with Gasteiger partial charge in [-0.05, 0) is 36.3 Å². The lowest BCUT2D eigenvalue weighted by Crippen LogP contribution is -2.58. The zero-order chi connectivity index (χ0) is 42.4. The molecular formula is C42H55N5O11. The van der Waals surface area contributed by atoms with E-state index in [2.05, 4.69) is 21.3 Å². The maximum atomic E-state index is 14.6. The van der Waals surface area contributed by atoms with E-state index >= 15 is 0 Å². The van der Waals surface area contributed by atoms with Crippen molar-refractivity contribution in [2.45, 2.75) is 109 Å². The minimum absolute atomic E-state index is 0.00771. The van der Waals surface area contributed by atoms with E-state index in [4.69, 9.17) is 4.74 Å². The summed E-state index contributed by atoms with van der Waals surface area (Å²) in [5.41, 5.74) is 1.17. The molecule has 1 heterocycles. The molecule has 5 amide bonds. The van der Waals surface area contributed by atoms with Gasteiger partial charge >= 0.3 is 11.9 Å². The molecule has 1 saturated heterocycles. The summed E-state index contributed by atoms with van der Waals surface area (Å²) in [7, 11) is 0. The molecule has 16 heteroatoms. The summed E-state index contributed by atoms with van der Waals surface area (Å²) in [6.45, 7) is 4.13. The molecule has 4 rings (SSSR count). The number of carboxylic acid groups (broad SMARTS) is 2. The van der Waals surface area contributed by atoms with Gasteiger partial charge in [0.1, 0.15) is 12.1 Å². The third kappa shape index (κ3) is 12.4. The number of carbonyl (C=O) groups excluding carboxylic acids is 6. The average Bonchev–Trinajstić information content (AvgIpc) is 3.67. The van der Waals surface area contributed by atoms with Crippen LogP contribution in [0.5, 0.6) is 0 Å². The summed E-state index contributed by atoms with van der Waals surface area (Å²) in [4.78, 5) is 106. The van der Waals surface area contributed by atoms with Gasteiger partial charge in [0.15, 0.2) is 6.04 Å². The minimum atomic E-state index is -1.39. The number of amides is 5. The van der Waals surface area contributed by atoms with Crippen molar-refractivity contribution in [3.63, 3.8) is 0 Å². The van der Waals surface area contributed by atoms with Gasteiger partial charge in [0.2, 0.25) is 29.4 Å². The molecule has 2 aliphatic rings. The van der Waals surface area contributed by atoms with E-state index in [0.29, 0.717) is 24.8 Å². The Morgan fingerprint density at radius 3 is 2.05 bits per heavy atom. The fraction of sp³-hybridized carbons (Fsp3) is 0.524. The Labute approximate surface area is 337 Å². The molecule has 16 nitrogen and oxygen atoms in total. The summed E-state index contributed by atoms with van der Waals surface area (Å²) in [5, 5.41) is 29.2. The SMILES string of the molecule is CCCC(NC(=O)C1CC(OCc2ccccc2)CN1C(=O)C(NC(=O)C(C)C(C)C(=O)O)C1CCCCC1)C(=O)C(=O)NCC(=O)NC(C(=O)O)c1ccccc1. The highest BCUT2D eigenvalue weighted by Gasteiger charge is 2.46. The Bertz CT molecular complexity index is 1770. The Morgan fingerprint density at radius 2 is 1.45 bits per heavy atom. The minimum Gasteiger partial charge on any atom is -0.481 e. The van der Waals surface area contributed by atoms with E-state index in [9.17, 15) is 48.6 Å². The Hall–Kier alpha value is -5.64. The van der Waals surface area contributed by atoms with E-state index < -0.39 is 95.9 Å². The molecule has 0 spiro atoms. The van der Waals surface area contributed by atoms with Gasteiger partial charge in [-0.25, -0.2) is 4.79 Å². The lowest BCUT2D eigenvalue weighted by molar-refractivity contribution is -0.148. The normalized spacial score (nSPS) is 19.4. The smallest absolute Gasteiger partial charge is 0.330 e. The highest BCUT2D eigenvalue weighted by molar-refractivity contribution is 6.38. The molecule has 58 heavy (non-hydrogen) atoms. The molecular weight excluding hydrogens is 750 g/mol. The maximum Gasteiger partial charge on any atom is 0.330 e. The van der Waals surface area contributed by atoms with Gasteiger partial charge in [0, 0.05) is 18.9 Å². The van der Waals surface area contributed by atoms with E-state index in [1.54, 1.807) is 25.1 Å². The number of Topliss-reactive ketones (excluding diaryl/α,β-unsaturated/α-hetero) is 1. The molecule has 1 aliphatic heterocycles. The van der Waals surface area contributed by atoms with Crippen LogP contribution in [0.4, 0.5) is 0 Å². The number of carbonyl (C=O) groups is 8. The predicted molar refractivity (Wildman–Crippen MR) is 209 cm³/mol. The van der Waals surface area contributed by atoms with E-state index in [1.807, 2.05) is 30.3 Å². The fourth-order valence-electron chi connectivity index (χ4n) is 7.33. The van der Waals surface area contributed by atoms with Crippen LogP contribution < -0.4 is 21.3 Å². The lowest BCUT2D eigenvalue weighted by Gasteiger charge is -2.35. The standard InChI is InChI=1S/C42H55N5O11/c1-4-14-31(36(49)39(52)43-22-33(48)45-35(42(56)57)29-19-12-7-13-20-29)44-38(51)32-21-30(58-24-27-15-8-5-9-16-27)23-47(32)40(53)34(28-17-10-6-11-18-28)46-37(50)25(2)26(3)41(54)55/h5,7-9,12-13,15-16,19-20,25-26,28,30-32,34-35H,4,6,10-11,14,17-18,21-24H2,1-3H3,(H,43,52)(H,44,51)(H,45,48)(H,46,50)(H,54,55)(H,56,57). The second kappa shape index (κ2) is 21.8. The number of ether oxygens (including phenoxy) is 1. The van der Waals surface area contributed by atoms with Crippen molar-refractivity contribution in [2.24, 2.45) is 17.8 Å². The van der Waals surface area contributed by atoms with Crippen molar-refractivity contribution in [3.05, 3.63) is 71.8 Å². The third-order valence-corrected chi connectivity index (χ3v) is 10.9. The maximum absolute atomic E-state index is 14.6. The molecule has 2 aromatic rings. The lowest BCUT2D eigenvalue weighted by atomic mass is 9.82. The molecule has 1 saturated carbocycles. The highest BCUT2D eigenvalue weighted by Crippen LogP contribution is 2.31. The van der Waals surface area contributed by atoms with Gasteiger partial charge in [0.05, 0.1) is 31.2 Å². The van der Waals surface area contributed by atoms with Crippen LogP contribution in [0.25, 0.3) is 0 Å². The molecule has 0 aromatic heterocycles. The van der Waals surface area contributed by atoms with Crippen molar-refractivity contribution < 1.29 is 53.3 Å². The second-order valence-corrected chi connectivity index (χ2v) is 15.1. The zero-order valence-corrected chi connectivity index (χ0v) is 33.2. The third-order valence-electron chi connectivity index (χ3n) is 10.9. The quantitative estimate of drug-likeness (QED) is 0.106. The first kappa shape index (κ1) is 45.1. The Balaban J connectivity index is 1.51. The largest absolute Gasteiger partial charge is 0.481 e. The number of likely N-dealkylation sites (tertiary alicyclic amines) is 1. The van der Waals surface area contributed by atoms with Crippen LogP contribution in [0.1, 0.15) is 89.3 Å². The molecule has 314 valence electrons. The number of aliphatic carboxylic acids is 2. The number of hydrogen-bond acceptors (Lipinski definition) is 9. The predicted octanol–water partition coefficient (Wildman–Crippen LogP) is 2.51. The van der Waals surface area contributed by atoms with E-state index in [-0.39, 0.29) is 31.9 Å². The molecule has 2 fully saturated rings. The first-order chi connectivity index (χ1) is 27.7. The number of carboxylic acids is 2. The summed E-state index contributed by atoms with van der Waals surface area (Å²) in [6, 6.07) is 12.3. The van der Waals surface area contributed by atoms with E-state index in [0.717, 1.165) is 24.8 Å². The first-order valence-electron chi connectivity index (χ1n) is 19.9. The van der Waals surface area contributed by atoms with Gasteiger partial charge < -0.3 is 41.1 Å². The number of rotatable bonds is 20. The van der Waals surface area contributed by atoms with Crippen molar-refractivity contribution in [1.29, 1.82) is 0 Å². The zero-order valence-electron chi connectivity index (χ0n) is 33.2. The van der Waals surface area contributed by atoms with Gasteiger partial charge in [0.25, 0.3) is 5.91 Å². The number of hydrogen-bond donors (Lipinski definition) is 6. The van der Waals surface area contributed by atoms with Crippen LogP contribution in [-0.4, -0.2) is 99.7 Å². The fourth-order valence-corrected chi connectivity index (χ4v) is 7.33. The summed E-state index contributed by atoms with van der Waals surface area (Å²) < 4.78 is 6.18. The number of nitrogens with zero attached hydrogens (tertiary/aromatic N) is 1. The topological polar surface area (TPSA) is 238 Å². The monoisotopic (exact) mass is 805 g/mol. The molecule has 7 unspecified atom stereocenters. The van der Waals surface area contributed by atoms with Gasteiger partial charge in [-0.15, -0.1) is 0 Å². The molecule has 2 aromatic carbocycles. The summed E-state index contributed by atoms with van der Waals surface area (Å²) in [6.07, 6.45) is 3.77. The molecule has 7 atom stereocenters. The Kier molecular flexibility index (Phi) is 16.9. The summed E-state index contributed by atoms with van der Waals surface area (Å²) in [5.74, 6) is -9.62. The molecule has 0 radical (unpaired) electrons. The van der Waals surface area contributed by atoms with Gasteiger partial charge in [-0.3, -0.25) is 33.6 Å². The van der Waals surface area contributed by atoms with E-state index in [1.165, 1.54) is 30.9 Å². The Morgan fingerprint density at radius 1 is 0.810 bits per heavy atom.